The smallest absolute Gasteiger partial charge is 0.239 e. The molecule has 0 radical (unpaired) electrons. The van der Waals surface area contributed by atoms with Crippen molar-refractivity contribution in [2.45, 2.75) is 31.7 Å². The number of fused-ring (bicyclic) bond motifs is 1. The van der Waals surface area contributed by atoms with Crippen molar-refractivity contribution < 1.29 is 9.59 Å². The van der Waals surface area contributed by atoms with Gasteiger partial charge < -0.3 is 11.1 Å². The van der Waals surface area contributed by atoms with Crippen LogP contribution in [0.4, 0.5) is 0 Å². The topological polar surface area (TPSA) is 72.2 Å². The lowest BCUT2D eigenvalue weighted by Crippen LogP contribution is -2.44. The second-order valence-electron chi connectivity index (χ2n) is 5.60. The number of benzene rings is 2. The number of rotatable bonds is 8. The summed E-state index contributed by atoms with van der Waals surface area (Å²) in [6.45, 7) is 3.64. The van der Waals surface area contributed by atoms with Crippen molar-refractivity contribution in [2.24, 2.45) is 5.73 Å². The van der Waals surface area contributed by atoms with Crippen LogP contribution in [-0.4, -0.2) is 17.9 Å². The summed E-state index contributed by atoms with van der Waals surface area (Å²) >= 11 is 0. The number of allylic oxidation sites excluding steroid dienone is 1. The van der Waals surface area contributed by atoms with Crippen LogP contribution >= 0.6 is 0 Å². The molecule has 0 heterocycles. The number of nitrogens with two attached hydrogens (primary N) is 1. The number of carbonyl (C=O) groups is 2. The second-order valence-corrected chi connectivity index (χ2v) is 5.60. The van der Waals surface area contributed by atoms with Gasteiger partial charge in [-0.1, -0.05) is 48.5 Å². The third-order valence-electron chi connectivity index (χ3n) is 3.76. The Balaban J connectivity index is 1.98. The SMILES string of the molecule is C=CCCC[C@H](NC(=O)Cc1ccc2ccccc2c1)C(N)=O. The van der Waals surface area contributed by atoms with Crippen molar-refractivity contribution in [1.82, 2.24) is 5.32 Å². The van der Waals surface area contributed by atoms with E-state index >= 15 is 0 Å². The number of nitrogens with one attached hydrogen (secondary N) is 1. The van der Waals surface area contributed by atoms with Crippen molar-refractivity contribution in [1.29, 1.82) is 0 Å². The van der Waals surface area contributed by atoms with Crippen LogP contribution in [0.5, 0.6) is 0 Å². The number of primary amides is 1. The van der Waals surface area contributed by atoms with Gasteiger partial charge in [0.05, 0.1) is 6.42 Å². The first-order chi connectivity index (χ1) is 11.1. The molecule has 1 atom stereocenters. The van der Waals surface area contributed by atoms with Crippen molar-refractivity contribution in [3.8, 4) is 0 Å². The minimum Gasteiger partial charge on any atom is -0.368 e. The van der Waals surface area contributed by atoms with Gasteiger partial charge in [-0.05, 0) is 35.6 Å². The Labute approximate surface area is 136 Å². The average Bonchev–Trinajstić information content (AvgIpc) is 2.54. The molecular weight excluding hydrogens is 288 g/mol. The van der Waals surface area contributed by atoms with E-state index in [1.165, 1.54) is 0 Å². The van der Waals surface area contributed by atoms with E-state index in [2.05, 4.69) is 11.9 Å². The molecule has 2 aromatic rings. The number of hydrogen-bond donors (Lipinski definition) is 2. The third kappa shape index (κ3) is 4.95. The highest BCUT2D eigenvalue weighted by atomic mass is 16.2. The van der Waals surface area contributed by atoms with Crippen LogP contribution in [0, 0.1) is 0 Å². The molecular formula is C19H22N2O2. The highest BCUT2D eigenvalue weighted by molar-refractivity contribution is 5.88. The molecule has 0 aromatic heterocycles. The highest BCUT2D eigenvalue weighted by Gasteiger charge is 2.17. The summed E-state index contributed by atoms with van der Waals surface area (Å²) in [6, 6.07) is 13.3. The Bertz CT molecular complexity index is 709. The van der Waals surface area contributed by atoms with E-state index < -0.39 is 11.9 Å². The Hall–Kier alpha value is -2.62. The highest BCUT2D eigenvalue weighted by Crippen LogP contribution is 2.16. The summed E-state index contributed by atoms with van der Waals surface area (Å²) in [5.41, 5.74) is 6.27. The molecule has 0 unspecified atom stereocenters. The second kappa shape index (κ2) is 8.13. The largest absolute Gasteiger partial charge is 0.368 e. The van der Waals surface area contributed by atoms with Gasteiger partial charge in [-0.3, -0.25) is 9.59 Å². The Kier molecular flexibility index (Phi) is 5.92. The number of hydrogen-bond acceptors (Lipinski definition) is 2. The molecule has 3 N–H and O–H groups in total. The lowest BCUT2D eigenvalue weighted by Gasteiger charge is -2.15. The van der Waals surface area contributed by atoms with Gasteiger partial charge in [0.1, 0.15) is 6.04 Å². The van der Waals surface area contributed by atoms with E-state index in [1.807, 2.05) is 42.5 Å². The molecule has 0 aliphatic rings. The maximum absolute atomic E-state index is 12.2. The molecule has 0 aliphatic heterocycles. The normalized spacial score (nSPS) is 11.8. The van der Waals surface area contributed by atoms with E-state index in [0.29, 0.717) is 6.42 Å². The fourth-order valence-electron chi connectivity index (χ4n) is 2.53. The maximum Gasteiger partial charge on any atom is 0.239 e. The molecule has 2 amide bonds. The molecule has 4 nitrogen and oxygen atoms in total. The predicted octanol–water partition coefficient (Wildman–Crippen LogP) is 2.71. The molecule has 0 saturated heterocycles. The van der Waals surface area contributed by atoms with Gasteiger partial charge in [-0.15, -0.1) is 6.58 Å². The molecule has 0 spiro atoms. The summed E-state index contributed by atoms with van der Waals surface area (Å²) in [4.78, 5) is 23.6. The summed E-state index contributed by atoms with van der Waals surface area (Å²) in [7, 11) is 0. The van der Waals surface area contributed by atoms with E-state index in [-0.39, 0.29) is 12.3 Å². The van der Waals surface area contributed by atoms with E-state index in [0.717, 1.165) is 29.2 Å². The van der Waals surface area contributed by atoms with Crippen molar-refractivity contribution in [3.63, 3.8) is 0 Å². The molecule has 23 heavy (non-hydrogen) atoms. The molecule has 0 fully saturated rings. The number of unbranched alkanes of at least 4 members (excludes halogenated alkanes) is 1. The minimum absolute atomic E-state index is 0.192. The standard InChI is InChI=1S/C19H22N2O2/c1-2-3-4-9-17(19(20)23)21-18(22)13-14-10-11-15-7-5-6-8-16(15)12-14/h2,5-8,10-12,17H,1,3-4,9,13H2,(H2,20,23)(H,21,22)/t17-/m0/s1. The average molecular weight is 310 g/mol. The van der Waals surface area contributed by atoms with Crippen LogP contribution in [0.1, 0.15) is 24.8 Å². The van der Waals surface area contributed by atoms with Gasteiger partial charge in [0.2, 0.25) is 11.8 Å². The zero-order chi connectivity index (χ0) is 16.7. The van der Waals surface area contributed by atoms with Gasteiger partial charge in [0, 0.05) is 0 Å². The first-order valence-electron chi connectivity index (χ1n) is 7.77. The lowest BCUT2D eigenvalue weighted by molar-refractivity contribution is -0.127. The quantitative estimate of drug-likeness (QED) is 0.581. The van der Waals surface area contributed by atoms with Gasteiger partial charge in [0.15, 0.2) is 0 Å². The molecule has 2 rings (SSSR count). The van der Waals surface area contributed by atoms with Crippen LogP contribution in [0.15, 0.2) is 55.1 Å². The first kappa shape index (κ1) is 16.7. The summed E-state index contributed by atoms with van der Waals surface area (Å²) in [6.07, 6.45) is 4.12. The Morgan fingerprint density at radius 3 is 2.61 bits per heavy atom. The summed E-state index contributed by atoms with van der Waals surface area (Å²) < 4.78 is 0. The molecule has 0 aliphatic carbocycles. The molecule has 2 aromatic carbocycles. The van der Waals surface area contributed by atoms with Crippen molar-refractivity contribution in [3.05, 3.63) is 60.7 Å². The first-order valence-corrected chi connectivity index (χ1v) is 7.77. The summed E-state index contributed by atoms with van der Waals surface area (Å²) in [5, 5.41) is 4.95. The zero-order valence-electron chi connectivity index (χ0n) is 13.1. The molecule has 120 valence electrons. The van der Waals surface area contributed by atoms with Crippen LogP contribution < -0.4 is 11.1 Å². The van der Waals surface area contributed by atoms with Crippen LogP contribution in [0.2, 0.25) is 0 Å². The van der Waals surface area contributed by atoms with Crippen LogP contribution in [-0.2, 0) is 16.0 Å². The summed E-state index contributed by atoms with van der Waals surface area (Å²) in [5.74, 6) is -0.691. The van der Waals surface area contributed by atoms with E-state index in [1.54, 1.807) is 6.08 Å². The fourth-order valence-corrected chi connectivity index (χ4v) is 2.53. The van der Waals surface area contributed by atoms with Crippen LogP contribution in [0.25, 0.3) is 10.8 Å². The van der Waals surface area contributed by atoms with Gasteiger partial charge in [-0.2, -0.15) is 0 Å². The zero-order valence-corrected chi connectivity index (χ0v) is 13.1. The van der Waals surface area contributed by atoms with Gasteiger partial charge in [-0.25, -0.2) is 0 Å². The van der Waals surface area contributed by atoms with Crippen molar-refractivity contribution in [2.75, 3.05) is 0 Å². The van der Waals surface area contributed by atoms with Gasteiger partial charge in [0.25, 0.3) is 0 Å². The molecule has 0 bridgehead atoms. The third-order valence-corrected chi connectivity index (χ3v) is 3.76. The van der Waals surface area contributed by atoms with Crippen LogP contribution in [0.3, 0.4) is 0 Å². The molecule has 0 saturated carbocycles. The van der Waals surface area contributed by atoms with E-state index in [4.69, 9.17) is 5.73 Å². The van der Waals surface area contributed by atoms with E-state index in [9.17, 15) is 9.59 Å². The monoisotopic (exact) mass is 310 g/mol. The lowest BCUT2D eigenvalue weighted by atomic mass is 10.0. The molecule has 4 heteroatoms. The fraction of sp³-hybridized carbons (Fsp3) is 0.263. The Morgan fingerprint density at radius 2 is 1.91 bits per heavy atom. The van der Waals surface area contributed by atoms with Gasteiger partial charge >= 0.3 is 0 Å². The van der Waals surface area contributed by atoms with Crippen molar-refractivity contribution >= 4 is 22.6 Å². The number of amides is 2. The maximum atomic E-state index is 12.2. The number of carbonyl (C=O) groups excluding carboxylic acids is 2. The minimum atomic E-state index is -0.622. The predicted molar refractivity (Wildman–Crippen MR) is 92.8 cm³/mol. The Morgan fingerprint density at radius 1 is 1.17 bits per heavy atom.